The van der Waals surface area contributed by atoms with Gasteiger partial charge in [0.1, 0.15) is 17.6 Å². The lowest BCUT2D eigenvalue weighted by Crippen LogP contribution is -3.14. The molecule has 1 aromatic carbocycles. The second-order valence-electron chi connectivity index (χ2n) is 5.12. The average Bonchev–Trinajstić information content (AvgIpc) is 2.37. The number of nitrogens with one attached hydrogen (secondary N) is 1. The van der Waals surface area contributed by atoms with Crippen LogP contribution in [0.15, 0.2) is 23.9 Å². The monoisotopic (exact) mass is 268 g/mol. The minimum absolute atomic E-state index is 0.329. The number of halogens is 2. The lowest BCUT2D eigenvalue weighted by Gasteiger charge is -2.41. The number of aliphatic hydroxyl groups is 1. The summed E-state index contributed by atoms with van der Waals surface area (Å²) in [5.41, 5.74) is 1.29. The summed E-state index contributed by atoms with van der Waals surface area (Å²) in [6.45, 7) is 2.05. The maximum absolute atomic E-state index is 13.8. The van der Waals surface area contributed by atoms with Gasteiger partial charge in [0.25, 0.3) is 0 Å². The summed E-state index contributed by atoms with van der Waals surface area (Å²) in [5.74, 6) is 0.00328. The standard InChI is InChI=1S/C14H15ClFNO/c15-11-2-1-3-12(16)10(11)8-13-14(18)9-4-6-17(13)7-5-9/h1-3,8-9,14,18H,4-7H2/p+1/b13-8-/t14-/m1/s1. The summed E-state index contributed by atoms with van der Waals surface area (Å²) in [6.07, 6.45) is 3.40. The molecule has 0 radical (unpaired) electrons. The van der Waals surface area contributed by atoms with Gasteiger partial charge in [-0.1, -0.05) is 17.7 Å². The van der Waals surface area contributed by atoms with E-state index in [4.69, 9.17) is 11.6 Å². The molecular weight excluding hydrogens is 253 g/mol. The third kappa shape index (κ3) is 1.96. The molecule has 0 spiro atoms. The molecule has 3 fully saturated rings. The number of hydrogen-bond acceptors (Lipinski definition) is 1. The molecule has 2 bridgehead atoms. The van der Waals surface area contributed by atoms with Gasteiger partial charge in [-0.15, -0.1) is 0 Å². The van der Waals surface area contributed by atoms with Crippen molar-refractivity contribution in [1.29, 1.82) is 0 Å². The van der Waals surface area contributed by atoms with Crippen LogP contribution in [0.1, 0.15) is 18.4 Å². The van der Waals surface area contributed by atoms with Crippen molar-refractivity contribution in [3.05, 3.63) is 40.3 Å². The summed E-state index contributed by atoms with van der Waals surface area (Å²) in [5, 5.41) is 10.6. The highest BCUT2D eigenvalue weighted by Gasteiger charge is 2.41. The van der Waals surface area contributed by atoms with Gasteiger partial charge in [-0.25, -0.2) is 4.39 Å². The molecule has 2 nitrogen and oxygen atoms in total. The smallest absolute Gasteiger partial charge is 0.137 e. The van der Waals surface area contributed by atoms with Crippen molar-refractivity contribution in [3.63, 3.8) is 0 Å². The first-order valence-corrected chi connectivity index (χ1v) is 6.73. The molecule has 0 saturated carbocycles. The Hall–Kier alpha value is -0.900. The first kappa shape index (κ1) is 12.2. The van der Waals surface area contributed by atoms with Crippen LogP contribution in [-0.4, -0.2) is 24.3 Å². The van der Waals surface area contributed by atoms with Crippen LogP contribution in [0.5, 0.6) is 0 Å². The minimum Gasteiger partial charge on any atom is -0.383 e. The van der Waals surface area contributed by atoms with Gasteiger partial charge in [0.05, 0.1) is 18.1 Å². The third-order valence-electron chi connectivity index (χ3n) is 4.11. The molecule has 3 saturated heterocycles. The molecule has 4 heteroatoms. The Morgan fingerprint density at radius 3 is 2.67 bits per heavy atom. The number of piperidine rings is 3. The SMILES string of the molecule is O[C@H]1/C(=C/c2c(F)cccc2Cl)[NH+]2CCC1CC2. The van der Waals surface area contributed by atoms with Crippen LogP contribution in [0.4, 0.5) is 4.39 Å². The van der Waals surface area contributed by atoms with E-state index in [1.54, 1.807) is 18.2 Å². The Labute approximate surface area is 111 Å². The number of quaternary nitrogens is 1. The number of benzene rings is 1. The highest BCUT2D eigenvalue weighted by atomic mass is 35.5. The second kappa shape index (κ2) is 4.65. The Bertz CT molecular complexity index is 470. The molecule has 1 atom stereocenters. The van der Waals surface area contributed by atoms with Gasteiger partial charge in [-0.05, 0) is 12.1 Å². The van der Waals surface area contributed by atoms with Crippen molar-refractivity contribution < 1.29 is 14.4 Å². The van der Waals surface area contributed by atoms with E-state index < -0.39 is 6.10 Å². The van der Waals surface area contributed by atoms with Crippen molar-refractivity contribution in [2.24, 2.45) is 5.92 Å². The first-order chi connectivity index (χ1) is 8.66. The highest BCUT2D eigenvalue weighted by Crippen LogP contribution is 2.27. The largest absolute Gasteiger partial charge is 0.383 e. The van der Waals surface area contributed by atoms with Crippen LogP contribution in [0.2, 0.25) is 5.02 Å². The molecule has 3 aliphatic rings. The van der Waals surface area contributed by atoms with Gasteiger partial charge < -0.3 is 10.0 Å². The fraction of sp³-hybridized carbons (Fsp3) is 0.429. The summed E-state index contributed by atoms with van der Waals surface area (Å²) in [4.78, 5) is 1.27. The summed E-state index contributed by atoms with van der Waals surface area (Å²) in [6, 6.07) is 4.67. The van der Waals surface area contributed by atoms with E-state index in [1.165, 1.54) is 11.0 Å². The van der Waals surface area contributed by atoms with Crippen LogP contribution in [-0.2, 0) is 0 Å². The van der Waals surface area contributed by atoms with Crippen LogP contribution >= 0.6 is 11.6 Å². The molecule has 3 aliphatic heterocycles. The van der Waals surface area contributed by atoms with Gasteiger partial charge in [0, 0.05) is 30.4 Å². The Kier molecular flexibility index (Phi) is 3.14. The van der Waals surface area contributed by atoms with Crippen LogP contribution in [0, 0.1) is 11.7 Å². The van der Waals surface area contributed by atoms with Crippen molar-refractivity contribution >= 4 is 17.7 Å². The predicted octanol–water partition coefficient (Wildman–Crippen LogP) is 1.49. The molecular formula is C14H16ClFNO+. The normalized spacial score (nSPS) is 33.1. The van der Waals surface area contributed by atoms with E-state index in [9.17, 15) is 9.50 Å². The van der Waals surface area contributed by atoms with Crippen molar-refractivity contribution in [3.8, 4) is 0 Å². The molecule has 0 amide bonds. The number of hydrogen-bond donors (Lipinski definition) is 2. The number of aliphatic hydroxyl groups excluding tert-OH is 1. The number of rotatable bonds is 1. The molecule has 2 N–H and O–H groups in total. The Balaban J connectivity index is 2.01. The van der Waals surface area contributed by atoms with Crippen LogP contribution in [0.3, 0.4) is 0 Å². The van der Waals surface area contributed by atoms with E-state index >= 15 is 0 Å². The maximum atomic E-state index is 13.8. The lowest BCUT2D eigenvalue weighted by atomic mass is 9.83. The molecule has 0 aliphatic carbocycles. The Morgan fingerprint density at radius 2 is 2.06 bits per heavy atom. The summed E-state index contributed by atoms with van der Waals surface area (Å²) in [7, 11) is 0. The van der Waals surface area contributed by atoms with Gasteiger partial charge >= 0.3 is 0 Å². The summed E-state index contributed by atoms with van der Waals surface area (Å²) >= 11 is 6.02. The predicted molar refractivity (Wildman–Crippen MR) is 68.8 cm³/mol. The fourth-order valence-electron chi connectivity index (χ4n) is 3.05. The first-order valence-electron chi connectivity index (χ1n) is 6.35. The maximum Gasteiger partial charge on any atom is 0.137 e. The van der Waals surface area contributed by atoms with Crippen LogP contribution < -0.4 is 4.90 Å². The third-order valence-corrected chi connectivity index (χ3v) is 4.44. The van der Waals surface area contributed by atoms with E-state index in [2.05, 4.69) is 0 Å². The Morgan fingerprint density at radius 1 is 1.33 bits per heavy atom. The molecule has 0 aromatic heterocycles. The fourth-order valence-corrected chi connectivity index (χ4v) is 3.27. The molecule has 3 heterocycles. The van der Waals surface area contributed by atoms with Crippen molar-refractivity contribution in [2.75, 3.05) is 13.1 Å². The highest BCUT2D eigenvalue weighted by molar-refractivity contribution is 6.32. The number of fused-ring (bicyclic) bond motifs is 3. The van der Waals surface area contributed by atoms with E-state index in [-0.39, 0.29) is 5.82 Å². The minimum atomic E-state index is -0.446. The molecule has 0 unspecified atom stereocenters. The molecule has 18 heavy (non-hydrogen) atoms. The topological polar surface area (TPSA) is 24.7 Å². The van der Waals surface area contributed by atoms with Crippen LogP contribution in [0.25, 0.3) is 6.08 Å². The van der Waals surface area contributed by atoms with Gasteiger partial charge in [0.2, 0.25) is 0 Å². The zero-order valence-corrected chi connectivity index (χ0v) is 10.8. The zero-order valence-electron chi connectivity index (χ0n) is 10.00. The van der Waals surface area contributed by atoms with E-state index in [0.717, 1.165) is 31.6 Å². The quantitative estimate of drug-likeness (QED) is 0.793. The second-order valence-corrected chi connectivity index (χ2v) is 5.53. The average molecular weight is 269 g/mol. The van der Waals surface area contributed by atoms with Gasteiger partial charge in [-0.2, -0.15) is 0 Å². The zero-order chi connectivity index (χ0) is 12.7. The van der Waals surface area contributed by atoms with Crippen molar-refractivity contribution in [1.82, 2.24) is 0 Å². The molecule has 1 aromatic rings. The molecule has 96 valence electrons. The van der Waals surface area contributed by atoms with E-state index in [1.807, 2.05) is 0 Å². The van der Waals surface area contributed by atoms with Crippen molar-refractivity contribution in [2.45, 2.75) is 18.9 Å². The molecule has 4 rings (SSSR count). The summed E-state index contributed by atoms with van der Waals surface area (Å²) < 4.78 is 13.8. The van der Waals surface area contributed by atoms with Gasteiger partial charge in [-0.3, -0.25) is 0 Å². The van der Waals surface area contributed by atoms with E-state index in [0.29, 0.717) is 16.5 Å². The lowest BCUT2D eigenvalue weighted by molar-refractivity contribution is -0.880. The van der Waals surface area contributed by atoms with Gasteiger partial charge in [0.15, 0.2) is 0 Å².